The van der Waals surface area contributed by atoms with E-state index in [1.807, 2.05) is 0 Å². The second-order valence-electron chi connectivity index (χ2n) is 8.54. The summed E-state index contributed by atoms with van der Waals surface area (Å²) in [5, 5.41) is 7.49. The number of amides is 1. The van der Waals surface area contributed by atoms with Crippen LogP contribution in [-0.2, 0) is 11.3 Å². The normalized spacial score (nSPS) is 28.2. The van der Waals surface area contributed by atoms with Gasteiger partial charge in [-0.25, -0.2) is 4.98 Å². The van der Waals surface area contributed by atoms with E-state index in [1.165, 1.54) is 57.9 Å². The maximum absolute atomic E-state index is 12.5. The van der Waals surface area contributed by atoms with E-state index < -0.39 is 0 Å². The Bertz CT molecular complexity index is 563. The van der Waals surface area contributed by atoms with Crippen LogP contribution in [0.15, 0.2) is 12.7 Å². The van der Waals surface area contributed by atoms with E-state index in [2.05, 4.69) is 20.3 Å². The highest BCUT2D eigenvalue weighted by atomic mass is 16.1. The summed E-state index contributed by atoms with van der Waals surface area (Å²) in [7, 11) is 0. The summed E-state index contributed by atoms with van der Waals surface area (Å²) in [5.41, 5.74) is 0. The summed E-state index contributed by atoms with van der Waals surface area (Å²) < 4.78 is 1.80. The Kier molecular flexibility index (Phi) is 5.88. The fourth-order valence-electron chi connectivity index (χ4n) is 4.97. The molecule has 1 aromatic rings. The lowest BCUT2D eigenvalue weighted by atomic mass is 9.98. The summed E-state index contributed by atoms with van der Waals surface area (Å²) >= 11 is 0. The Morgan fingerprint density at radius 3 is 2.58 bits per heavy atom. The highest BCUT2D eigenvalue weighted by Crippen LogP contribution is 2.42. The molecule has 6 heteroatoms. The summed E-state index contributed by atoms with van der Waals surface area (Å²) in [6.45, 7) is 3.04. The van der Waals surface area contributed by atoms with E-state index in [0.717, 1.165) is 31.5 Å². The first-order valence-electron chi connectivity index (χ1n) is 10.7. The number of rotatable bonds is 7. The molecule has 1 amide bonds. The number of hydrogen-bond acceptors (Lipinski definition) is 4. The molecule has 6 nitrogen and oxygen atoms in total. The van der Waals surface area contributed by atoms with Crippen LogP contribution in [0.2, 0.25) is 0 Å². The van der Waals surface area contributed by atoms with Crippen LogP contribution >= 0.6 is 0 Å². The van der Waals surface area contributed by atoms with E-state index in [0.29, 0.717) is 18.4 Å². The molecule has 4 rings (SSSR count). The van der Waals surface area contributed by atoms with Crippen LogP contribution in [0, 0.1) is 11.8 Å². The predicted octanol–water partition coefficient (Wildman–Crippen LogP) is 2.61. The third kappa shape index (κ3) is 4.64. The number of carbonyl (C=O) groups is 1. The molecule has 0 aromatic carbocycles. The number of aromatic nitrogens is 3. The molecule has 1 aromatic heterocycles. The molecule has 2 saturated carbocycles. The average molecular weight is 360 g/mol. The number of aryl methyl sites for hydroxylation is 1. The smallest absolute Gasteiger partial charge is 0.220 e. The van der Waals surface area contributed by atoms with Gasteiger partial charge in [0.05, 0.1) is 0 Å². The topological polar surface area (TPSA) is 63.1 Å². The van der Waals surface area contributed by atoms with Crippen LogP contribution in [0.25, 0.3) is 0 Å². The number of likely N-dealkylation sites (tertiary alicyclic amines) is 1. The summed E-state index contributed by atoms with van der Waals surface area (Å²) in [4.78, 5) is 19.1. The molecular formula is C20H33N5O. The van der Waals surface area contributed by atoms with Crippen molar-refractivity contribution in [3.63, 3.8) is 0 Å². The molecule has 26 heavy (non-hydrogen) atoms. The summed E-state index contributed by atoms with van der Waals surface area (Å²) in [6, 6.07) is 1.12. The molecule has 0 radical (unpaired) electrons. The van der Waals surface area contributed by atoms with Gasteiger partial charge in [0.2, 0.25) is 5.91 Å². The van der Waals surface area contributed by atoms with Crippen molar-refractivity contribution >= 4 is 5.91 Å². The highest BCUT2D eigenvalue weighted by Gasteiger charge is 2.44. The largest absolute Gasteiger partial charge is 0.352 e. The van der Waals surface area contributed by atoms with Crippen molar-refractivity contribution in [2.75, 3.05) is 13.1 Å². The van der Waals surface area contributed by atoms with E-state index in [9.17, 15) is 4.79 Å². The summed E-state index contributed by atoms with van der Waals surface area (Å²) in [5.74, 6) is 1.74. The van der Waals surface area contributed by atoms with Gasteiger partial charge >= 0.3 is 0 Å². The van der Waals surface area contributed by atoms with E-state index in [1.54, 1.807) is 17.3 Å². The highest BCUT2D eigenvalue weighted by molar-refractivity contribution is 5.76. The molecule has 2 heterocycles. The average Bonchev–Trinajstić information content (AvgIpc) is 3.30. The van der Waals surface area contributed by atoms with Gasteiger partial charge in [0.15, 0.2) is 0 Å². The van der Waals surface area contributed by atoms with Crippen LogP contribution in [0.5, 0.6) is 0 Å². The standard InChI is InChI=1S/C20H33N5O/c26-20(8-5-11-25-15-21-14-22-25)23-19-13-24(12-18(19)16-9-10-16)17-6-3-1-2-4-7-17/h14-19H,1-13H2,(H,23,26)/t18-,19+/m0/s1. The second kappa shape index (κ2) is 8.51. The molecule has 1 N–H and O–H groups in total. The Balaban J connectivity index is 1.27. The van der Waals surface area contributed by atoms with Crippen LogP contribution in [-0.4, -0.2) is 50.7 Å². The molecule has 2 aliphatic carbocycles. The van der Waals surface area contributed by atoms with Gasteiger partial charge in [0.1, 0.15) is 12.7 Å². The Hall–Kier alpha value is -1.43. The van der Waals surface area contributed by atoms with Gasteiger partial charge in [0.25, 0.3) is 0 Å². The number of nitrogens with zero attached hydrogens (tertiary/aromatic N) is 4. The second-order valence-corrected chi connectivity index (χ2v) is 8.54. The molecule has 1 aliphatic heterocycles. The first-order valence-corrected chi connectivity index (χ1v) is 10.7. The van der Waals surface area contributed by atoms with Crippen molar-refractivity contribution in [1.29, 1.82) is 0 Å². The molecule has 0 spiro atoms. The maximum Gasteiger partial charge on any atom is 0.220 e. The SMILES string of the molecule is O=C(CCCn1cncn1)N[C@@H]1CN(C2CCCCCC2)C[C@H]1C1CC1. The third-order valence-electron chi connectivity index (χ3n) is 6.57. The van der Waals surface area contributed by atoms with Crippen molar-refractivity contribution in [2.24, 2.45) is 11.8 Å². The minimum absolute atomic E-state index is 0.212. The first-order chi connectivity index (χ1) is 12.8. The Morgan fingerprint density at radius 2 is 1.88 bits per heavy atom. The number of carbonyl (C=O) groups excluding carboxylic acids is 1. The minimum atomic E-state index is 0.212. The predicted molar refractivity (Wildman–Crippen MR) is 100 cm³/mol. The van der Waals surface area contributed by atoms with Gasteiger partial charge in [-0.15, -0.1) is 0 Å². The lowest BCUT2D eigenvalue weighted by Gasteiger charge is -2.26. The van der Waals surface area contributed by atoms with Gasteiger partial charge in [-0.3, -0.25) is 14.4 Å². The van der Waals surface area contributed by atoms with Gasteiger partial charge in [0, 0.05) is 38.1 Å². The van der Waals surface area contributed by atoms with Crippen molar-refractivity contribution in [3.05, 3.63) is 12.7 Å². The zero-order valence-corrected chi connectivity index (χ0v) is 15.9. The maximum atomic E-state index is 12.5. The van der Waals surface area contributed by atoms with E-state index in [4.69, 9.17) is 0 Å². The lowest BCUT2D eigenvalue weighted by molar-refractivity contribution is -0.122. The van der Waals surface area contributed by atoms with Gasteiger partial charge in [-0.2, -0.15) is 5.10 Å². The fourth-order valence-corrected chi connectivity index (χ4v) is 4.97. The van der Waals surface area contributed by atoms with Gasteiger partial charge in [-0.05, 0) is 43.9 Å². The van der Waals surface area contributed by atoms with Gasteiger partial charge in [-0.1, -0.05) is 25.7 Å². The quantitative estimate of drug-likeness (QED) is 0.760. The number of hydrogen-bond donors (Lipinski definition) is 1. The van der Waals surface area contributed by atoms with E-state index in [-0.39, 0.29) is 5.91 Å². The molecule has 3 fully saturated rings. The van der Waals surface area contributed by atoms with Crippen LogP contribution in [0.4, 0.5) is 0 Å². The zero-order chi connectivity index (χ0) is 17.8. The van der Waals surface area contributed by atoms with Crippen LogP contribution in [0.1, 0.15) is 64.2 Å². The van der Waals surface area contributed by atoms with Crippen molar-refractivity contribution < 1.29 is 4.79 Å². The van der Waals surface area contributed by atoms with Crippen molar-refractivity contribution in [3.8, 4) is 0 Å². The Morgan fingerprint density at radius 1 is 1.08 bits per heavy atom. The molecule has 2 atom stereocenters. The minimum Gasteiger partial charge on any atom is -0.352 e. The Labute approximate surface area is 156 Å². The number of nitrogens with one attached hydrogen (secondary N) is 1. The lowest BCUT2D eigenvalue weighted by Crippen LogP contribution is -2.42. The monoisotopic (exact) mass is 359 g/mol. The fraction of sp³-hybridized carbons (Fsp3) is 0.850. The molecule has 3 aliphatic rings. The van der Waals surface area contributed by atoms with Crippen molar-refractivity contribution in [1.82, 2.24) is 25.0 Å². The zero-order valence-electron chi connectivity index (χ0n) is 15.9. The molecule has 144 valence electrons. The summed E-state index contributed by atoms with van der Waals surface area (Å²) in [6.07, 6.45) is 15.7. The van der Waals surface area contributed by atoms with Gasteiger partial charge < -0.3 is 5.32 Å². The van der Waals surface area contributed by atoms with Crippen LogP contribution in [0.3, 0.4) is 0 Å². The molecular weight excluding hydrogens is 326 g/mol. The molecule has 0 bridgehead atoms. The van der Waals surface area contributed by atoms with Crippen molar-refractivity contribution in [2.45, 2.75) is 82.8 Å². The molecule has 0 unspecified atom stereocenters. The molecule has 1 saturated heterocycles. The van der Waals surface area contributed by atoms with Crippen LogP contribution < -0.4 is 5.32 Å². The third-order valence-corrected chi connectivity index (χ3v) is 6.57. The van der Waals surface area contributed by atoms with E-state index >= 15 is 0 Å². The first kappa shape index (κ1) is 18.0.